The Morgan fingerprint density at radius 1 is 1.05 bits per heavy atom. The van der Waals surface area contributed by atoms with Crippen LogP contribution in [0.4, 0.5) is 0 Å². The zero-order valence-corrected chi connectivity index (χ0v) is 14.1. The Labute approximate surface area is 121 Å². The molecule has 1 nitrogen and oxygen atoms in total. The van der Waals surface area contributed by atoms with Crippen molar-refractivity contribution in [2.24, 2.45) is 0 Å². The van der Waals surface area contributed by atoms with Crippen LogP contribution in [0, 0.1) is 5.38 Å². The number of thiophene rings is 1. The van der Waals surface area contributed by atoms with E-state index in [4.69, 9.17) is 4.43 Å². The van der Waals surface area contributed by atoms with E-state index in [-0.39, 0.29) is 5.04 Å². The van der Waals surface area contributed by atoms with Crippen molar-refractivity contribution in [3.05, 3.63) is 41.8 Å². The third kappa shape index (κ3) is 3.28. The van der Waals surface area contributed by atoms with Crippen molar-refractivity contribution in [2.75, 3.05) is 0 Å². The second-order valence-corrected chi connectivity index (χ2v) is 11.9. The minimum atomic E-state index is -1.73. The molecule has 0 N–H and O–H groups in total. The molecule has 0 bridgehead atoms. The molecular weight excluding hydrogens is 268 g/mol. The first-order valence-corrected chi connectivity index (χ1v) is 10.3. The molecule has 0 saturated heterocycles. The van der Waals surface area contributed by atoms with Crippen LogP contribution >= 0.6 is 11.3 Å². The fourth-order valence-electron chi connectivity index (χ4n) is 1.53. The average Bonchev–Trinajstić information content (AvgIpc) is 2.81. The summed E-state index contributed by atoms with van der Waals surface area (Å²) in [6, 6.07) is 12.5. The first-order valence-electron chi connectivity index (χ1n) is 6.55. The number of hydrogen-bond donors (Lipinski definition) is 0. The lowest BCUT2D eigenvalue weighted by Gasteiger charge is -2.36. The van der Waals surface area contributed by atoms with Gasteiger partial charge < -0.3 is 4.43 Å². The van der Waals surface area contributed by atoms with E-state index in [0.717, 1.165) is 5.75 Å². The summed E-state index contributed by atoms with van der Waals surface area (Å²) >= 11 is 1.64. The monoisotopic (exact) mass is 289 g/mol. The predicted octanol–water partition coefficient (Wildman–Crippen LogP) is 5.60. The van der Waals surface area contributed by atoms with Crippen LogP contribution in [-0.2, 0) is 0 Å². The molecule has 1 heterocycles. The fraction of sp³-hybridized carbons (Fsp3) is 0.375. The van der Waals surface area contributed by atoms with Crippen LogP contribution in [0.5, 0.6) is 5.75 Å². The van der Waals surface area contributed by atoms with Gasteiger partial charge in [0.25, 0.3) is 0 Å². The predicted molar refractivity (Wildman–Crippen MR) is 86.4 cm³/mol. The van der Waals surface area contributed by atoms with Gasteiger partial charge in [0.05, 0.1) is 0 Å². The van der Waals surface area contributed by atoms with Crippen LogP contribution in [0.15, 0.2) is 36.4 Å². The van der Waals surface area contributed by atoms with Gasteiger partial charge in [0.1, 0.15) is 5.75 Å². The SMILES string of the molecule is CC(C)(C)[Si](C)(C)Oc1ccc(-c2cc[c]s2)cc1. The molecule has 0 atom stereocenters. The van der Waals surface area contributed by atoms with Crippen molar-refractivity contribution >= 4 is 19.7 Å². The largest absolute Gasteiger partial charge is 0.544 e. The molecule has 0 aliphatic rings. The van der Waals surface area contributed by atoms with Crippen molar-refractivity contribution in [3.8, 4) is 16.2 Å². The van der Waals surface area contributed by atoms with E-state index in [2.05, 4.69) is 69.6 Å². The van der Waals surface area contributed by atoms with Crippen LogP contribution in [0.2, 0.25) is 18.1 Å². The lowest BCUT2D eigenvalue weighted by atomic mass is 10.2. The Hall–Kier alpha value is -1.06. The number of rotatable bonds is 3. The molecule has 0 aliphatic carbocycles. The number of benzene rings is 1. The van der Waals surface area contributed by atoms with E-state index >= 15 is 0 Å². The van der Waals surface area contributed by atoms with Gasteiger partial charge in [0.2, 0.25) is 8.32 Å². The summed E-state index contributed by atoms with van der Waals surface area (Å²) in [5, 5.41) is 3.35. The van der Waals surface area contributed by atoms with Gasteiger partial charge in [-0.15, -0.1) is 11.3 Å². The van der Waals surface area contributed by atoms with Gasteiger partial charge >= 0.3 is 0 Å². The quantitative estimate of drug-likeness (QED) is 0.668. The molecule has 3 heteroatoms. The number of hydrogen-bond acceptors (Lipinski definition) is 2. The minimum Gasteiger partial charge on any atom is -0.544 e. The highest BCUT2D eigenvalue weighted by molar-refractivity contribution is 7.13. The lowest BCUT2D eigenvalue weighted by molar-refractivity contribution is 0.492. The molecule has 0 spiro atoms. The van der Waals surface area contributed by atoms with E-state index in [1.54, 1.807) is 11.3 Å². The van der Waals surface area contributed by atoms with E-state index in [9.17, 15) is 0 Å². The second-order valence-electron chi connectivity index (χ2n) is 6.30. The van der Waals surface area contributed by atoms with Gasteiger partial charge in [0.15, 0.2) is 0 Å². The summed E-state index contributed by atoms with van der Waals surface area (Å²) in [6.45, 7) is 11.3. The molecule has 101 valence electrons. The molecule has 0 fully saturated rings. The van der Waals surface area contributed by atoms with Gasteiger partial charge in [-0.25, -0.2) is 0 Å². The van der Waals surface area contributed by atoms with Crippen molar-refractivity contribution < 1.29 is 4.43 Å². The van der Waals surface area contributed by atoms with E-state index in [1.165, 1.54) is 10.4 Å². The smallest absolute Gasteiger partial charge is 0.250 e. The van der Waals surface area contributed by atoms with Gasteiger partial charge in [-0.3, -0.25) is 0 Å². The lowest BCUT2D eigenvalue weighted by Crippen LogP contribution is -2.43. The zero-order chi connectivity index (χ0) is 14.1. The Bertz CT molecular complexity index is 521. The summed E-state index contributed by atoms with van der Waals surface area (Å²) in [5.41, 5.74) is 1.23. The highest BCUT2D eigenvalue weighted by atomic mass is 32.1. The standard InChI is InChI=1S/C16H21OSSi/c1-16(2,3)19(4,5)17-14-10-8-13(9-11-14)15-7-6-12-18-15/h6-11H,1-5H3. The summed E-state index contributed by atoms with van der Waals surface area (Å²) in [5.74, 6) is 0.982. The van der Waals surface area contributed by atoms with Crippen molar-refractivity contribution in [3.63, 3.8) is 0 Å². The Morgan fingerprint density at radius 2 is 1.68 bits per heavy atom. The molecule has 0 amide bonds. The second kappa shape index (κ2) is 5.14. The summed E-state index contributed by atoms with van der Waals surface area (Å²) in [4.78, 5) is 1.25. The molecule has 1 aromatic heterocycles. The molecular formula is C16H21OSSi. The van der Waals surface area contributed by atoms with Crippen molar-refractivity contribution in [1.29, 1.82) is 0 Å². The minimum absolute atomic E-state index is 0.231. The Kier molecular flexibility index (Phi) is 3.88. The first-order chi connectivity index (χ1) is 8.79. The van der Waals surface area contributed by atoms with E-state index < -0.39 is 8.32 Å². The molecule has 1 aromatic carbocycles. The molecule has 2 aromatic rings. The van der Waals surface area contributed by atoms with Crippen LogP contribution < -0.4 is 4.43 Å². The maximum Gasteiger partial charge on any atom is 0.250 e. The average molecular weight is 289 g/mol. The van der Waals surface area contributed by atoms with E-state index in [1.807, 2.05) is 6.07 Å². The normalized spacial score (nSPS) is 12.5. The molecule has 2 rings (SSSR count). The first kappa shape index (κ1) is 14.3. The van der Waals surface area contributed by atoms with Crippen molar-refractivity contribution in [2.45, 2.75) is 38.9 Å². The third-order valence-corrected chi connectivity index (χ3v) is 8.99. The summed E-state index contributed by atoms with van der Waals surface area (Å²) in [7, 11) is -1.73. The molecule has 19 heavy (non-hydrogen) atoms. The topological polar surface area (TPSA) is 9.23 Å². The summed E-state index contributed by atoms with van der Waals surface area (Å²) in [6.07, 6.45) is 0. The van der Waals surface area contributed by atoms with Crippen LogP contribution in [-0.4, -0.2) is 8.32 Å². The molecule has 0 aliphatic heterocycles. The Morgan fingerprint density at radius 3 is 2.16 bits per heavy atom. The zero-order valence-electron chi connectivity index (χ0n) is 12.3. The molecule has 0 unspecified atom stereocenters. The van der Waals surface area contributed by atoms with Gasteiger partial charge in [-0.2, -0.15) is 0 Å². The Balaban J connectivity index is 2.16. The van der Waals surface area contributed by atoms with Crippen molar-refractivity contribution in [1.82, 2.24) is 0 Å². The highest BCUT2D eigenvalue weighted by Crippen LogP contribution is 2.37. The van der Waals surface area contributed by atoms with Crippen LogP contribution in [0.1, 0.15) is 20.8 Å². The fourth-order valence-corrected chi connectivity index (χ4v) is 3.22. The highest BCUT2D eigenvalue weighted by Gasteiger charge is 2.38. The van der Waals surface area contributed by atoms with Crippen LogP contribution in [0.25, 0.3) is 10.4 Å². The third-order valence-electron chi connectivity index (χ3n) is 3.79. The van der Waals surface area contributed by atoms with Gasteiger partial charge in [-0.05, 0) is 60.1 Å². The van der Waals surface area contributed by atoms with Gasteiger partial charge in [0, 0.05) is 10.3 Å². The maximum absolute atomic E-state index is 6.27. The molecule has 0 saturated carbocycles. The molecule has 1 radical (unpaired) electrons. The summed E-state index contributed by atoms with van der Waals surface area (Å²) < 4.78 is 6.27. The van der Waals surface area contributed by atoms with E-state index in [0.29, 0.717) is 0 Å². The maximum atomic E-state index is 6.27. The van der Waals surface area contributed by atoms with Crippen LogP contribution in [0.3, 0.4) is 0 Å². The van der Waals surface area contributed by atoms with Gasteiger partial charge in [-0.1, -0.05) is 20.8 Å².